The second kappa shape index (κ2) is 9.02. The van der Waals surface area contributed by atoms with Gasteiger partial charge in [-0.2, -0.15) is 10.5 Å². The Morgan fingerprint density at radius 3 is 2.78 bits per heavy atom. The number of hydrogen-bond acceptors (Lipinski definition) is 9. The highest BCUT2D eigenvalue weighted by atomic mass is 16.2. The van der Waals surface area contributed by atoms with Crippen molar-refractivity contribution in [3.63, 3.8) is 0 Å². The van der Waals surface area contributed by atoms with Crippen LogP contribution in [0.1, 0.15) is 28.7 Å². The van der Waals surface area contributed by atoms with Gasteiger partial charge in [0.1, 0.15) is 12.1 Å². The van der Waals surface area contributed by atoms with Crippen molar-refractivity contribution >= 4 is 17.8 Å². The second-order valence-corrected chi connectivity index (χ2v) is 7.07. The highest BCUT2D eigenvalue weighted by Gasteiger charge is 2.35. The Balaban J connectivity index is 1.61. The molecule has 1 aliphatic heterocycles. The molecule has 1 unspecified atom stereocenters. The van der Waals surface area contributed by atoms with Crippen LogP contribution in [0.25, 0.3) is 6.08 Å². The minimum absolute atomic E-state index is 0.209. The number of nitrogens with zero attached hydrogens (tertiary/aromatic N) is 10. The fraction of sp³-hybridized carbons (Fsp3) is 0.238. The number of benzene rings is 1. The first-order chi connectivity index (χ1) is 15.6. The lowest BCUT2D eigenvalue weighted by Crippen LogP contribution is -2.51. The maximum atomic E-state index is 13.1. The highest BCUT2D eigenvalue weighted by Crippen LogP contribution is 2.27. The van der Waals surface area contributed by atoms with Crippen LogP contribution in [0.3, 0.4) is 0 Å². The molecular formula is C21H18N10O. The summed E-state index contributed by atoms with van der Waals surface area (Å²) in [6.45, 7) is 1.20. The fourth-order valence-corrected chi connectivity index (χ4v) is 3.59. The quantitative estimate of drug-likeness (QED) is 0.555. The van der Waals surface area contributed by atoms with Crippen molar-refractivity contribution in [3.05, 3.63) is 65.4 Å². The number of tetrazole rings is 1. The Morgan fingerprint density at radius 1 is 1.19 bits per heavy atom. The van der Waals surface area contributed by atoms with E-state index in [1.807, 2.05) is 11.0 Å². The van der Waals surface area contributed by atoms with Crippen molar-refractivity contribution in [2.75, 3.05) is 24.5 Å². The van der Waals surface area contributed by atoms with Gasteiger partial charge in [0, 0.05) is 45.2 Å². The molecule has 0 N–H and O–H groups in total. The maximum absolute atomic E-state index is 13.1. The van der Waals surface area contributed by atoms with Crippen LogP contribution in [0.4, 0.5) is 5.82 Å². The van der Waals surface area contributed by atoms with Gasteiger partial charge in [-0.3, -0.25) is 4.79 Å². The van der Waals surface area contributed by atoms with Gasteiger partial charge < -0.3 is 9.80 Å². The van der Waals surface area contributed by atoms with Gasteiger partial charge in [0.25, 0.3) is 0 Å². The summed E-state index contributed by atoms with van der Waals surface area (Å²) in [4.78, 5) is 25.1. The van der Waals surface area contributed by atoms with E-state index in [2.05, 4.69) is 37.6 Å². The summed E-state index contributed by atoms with van der Waals surface area (Å²) < 4.78 is 1.52. The SMILES string of the molecule is Cn1nnnc1C1CN(c2nccnc2C#N)CCN1C(=O)/C=C/c1cccc(C#N)c1. The molecule has 158 valence electrons. The zero-order valence-electron chi connectivity index (χ0n) is 17.2. The molecule has 4 rings (SSSR count). The van der Waals surface area contributed by atoms with Gasteiger partial charge in [-0.05, 0) is 34.2 Å². The smallest absolute Gasteiger partial charge is 0.247 e. The van der Waals surface area contributed by atoms with Gasteiger partial charge in [-0.25, -0.2) is 14.6 Å². The fourth-order valence-electron chi connectivity index (χ4n) is 3.59. The van der Waals surface area contributed by atoms with Crippen LogP contribution >= 0.6 is 0 Å². The van der Waals surface area contributed by atoms with Crippen molar-refractivity contribution in [3.8, 4) is 12.1 Å². The van der Waals surface area contributed by atoms with Crippen LogP contribution < -0.4 is 4.90 Å². The molecular weight excluding hydrogens is 408 g/mol. The summed E-state index contributed by atoms with van der Waals surface area (Å²) >= 11 is 0. The van der Waals surface area contributed by atoms with Crippen molar-refractivity contribution in [2.24, 2.45) is 7.05 Å². The number of amides is 1. The van der Waals surface area contributed by atoms with E-state index in [0.717, 1.165) is 5.56 Å². The summed E-state index contributed by atoms with van der Waals surface area (Å²) in [5, 5.41) is 30.2. The second-order valence-electron chi connectivity index (χ2n) is 7.07. The molecule has 0 radical (unpaired) electrons. The van der Waals surface area contributed by atoms with Gasteiger partial charge in [0.2, 0.25) is 5.91 Å². The van der Waals surface area contributed by atoms with E-state index in [0.29, 0.717) is 36.8 Å². The minimum atomic E-state index is -0.458. The molecule has 11 nitrogen and oxygen atoms in total. The average molecular weight is 426 g/mol. The number of piperazine rings is 1. The standard InChI is InChI=1S/C21H18N10O/c1-29-21(26-27-28-29)18-14-30(20-17(13-23)24-7-8-25-20)9-10-31(18)19(32)6-5-15-3-2-4-16(11-15)12-22/h2-8,11,18H,9-10,14H2,1H3/b6-5+. The van der Waals surface area contributed by atoms with Crippen LogP contribution in [0.2, 0.25) is 0 Å². The number of carbonyl (C=O) groups excluding carboxylic acids is 1. The van der Waals surface area contributed by atoms with E-state index in [1.54, 1.807) is 36.2 Å². The lowest BCUT2D eigenvalue weighted by molar-refractivity contribution is -0.129. The topological polar surface area (TPSA) is 141 Å². The molecule has 1 aromatic carbocycles. The van der Waals surface area contributed by atoms with Crippen molar-refractivity contribution in [2.45, 2.75) is 6.04 Å². The van der Waals surface area contributed by atoms with Gasteiger partial charge >= 0.3 is 0 Å². The first kappa shape index (κ1) is 20.6. The molecule has 1 aliphatic rings. The molecule has 2 aromatic heterocycles. The van der Waals surface area contributed by atoms with Gasteiger partial charge in [0.15, 0.2) is 17.3 Å². The molecule has 11 heteroatoms. The summed E-state index contributed by atoms with van der Waals surface area (Å²) in [6.07, 6.45) is 6.16. The third-order valence-corrected chi connectivity index (χ3v) is 5.13. The number of carbonyl (C=O) groups is 1. The molecule has 0 spiro atoms. The van der Waals surface area contributed by atoms with Gasteiger partial charge in [-0.15, -0.1) is 5.10 Å². The van der Waals surface area contributed by atoms with E-state index in [-0.39, 0.29) is 11.6 Å². The molecule has 0 aliphatic carbocycles. The molecule has 3 aromatic rings. The van der Waals surface area contributed by atoms with Crippen LogP contribution in [0, 0.1) is 22.7 Å². The van der Waals surface area contributed by atoms with Gasteiger partial charge in [0.05, 0.1) is 11.6 Å². The van der Waals surface area contributed by atoms with E-state index in [1.165, 1.54) is 23.2 Å². The first-order valence-electron chi connectivity index (χ1n) is 9.78. The Labute approximate surface area is 183 Å². The predicted octanol–water partition coefficient (Wildman–Crippen LogP) is 0.847. The first-order valence-corrected chi connectivity index (χ1v) is 9.78. The van der Waals surface area contributed by atoms with E-state index in [9.17, 15) is 10.1 Å². The van der Waals surface area contributed by atoms with Crippen LogP contribution in [0.5, 0.6) is 0 Å². The van der Waals surface area contributed by atoms with Crippen molar-refractivity contribution < 1.29 is 4.79 Å². The summed E-state index contributed by atoms with van der Waals surface area (Å²) in [6, 6.07) is 10.7. The Bertz CT molecular complexity index is 1250. The van der Waals surface area contributed by atoms with Crippen molar-refractivity contribution in [1.29, 1.82) is 10.5 Å². The predicted molar refractivity (Wildman–Crippen MR) is 112 cm³/mol. The molecule has 1 amide bonds. The summed E-state index contributed by atoms with van der Waals surface area (Å²) in [5.74, 6) is 0.774. The molecule has 32 heavy (non-hydrogen) atoms. The maximum Gasteiger partial charge on any atom is 0.247 e. The third kappa shape index (κ3) is 4.13. The number of aromatic nitrogens is 6. The number of nitriles is 2. The Hall–Kier alpha value is -4.64. The lowest BCUT2D eigenvalue weighted by Gasteiger charge is -2.40. The molecule has 0 saturated carbocycles. The number of anilines is 1. The van der Waals surface area contributed by atoms with Gasteiger partial charge in [-0.1, -0.05) is 12.1 Å². The highest BCUT2D eigenvalue weighted by molar-refractivity contribution is 5.92. The number of rotatable bonds is 4. The van der Waals surface area contributed by atoms with E-state index in [4.69, 9.17) is 5.26 Å². The average Bonchev–Trinajstić information content (AvgIpc) is 3.27. The minimum Gasteiger partial charge on any atom is -0.350 e. The van der Waals surface area contributed by atoms with E-state index < -0.39 is 6.04 Å². The summed E-state index contributed by atoms with van der Waals surface area (Å²) in [5.41, 5.74) is 1.50. The molecule has 3 heterocycles. The lowest BCUT2D eigenvalue weighted by atomic mass is 10.1. The van der Waals surface area contributed by atoms with Crippen molar-refractivity contribution in [1.82, 2.24) is 35.1 Å². The van der Waals surface area contributed by atoms with E-state index >= 15 is 0 Å². The summed E-state index contributed by atoms with van der Waals surface area (Å²) in [7, 11) is 1.71. The normalized spacial score (nSPS) is 16.0. The third-order valence-electron chi connectivity index (χ3n) is 5.13. The van der Waals surface area contributed by atoms with Crippen LogP contribution in [0.15, 0.2) is 42.7 Å². The largest absolute Gasteiger partial charge is 0.350 e. The number of hydrogen-bond donors (Lipinski definition) is 0. The Kier molecular flexibility index (Phi) is 5.81. The van der Waals surface area contributed by atoms with Crippen LogP contribution in [-0.2, 0) is 11.8 Å². The molecule has 1 atom stereocenters. The molecule has 1 saturated heterocycles. The van der Waals surface area contributed by atoms with Crippen LogP contribution in [-0.4, -0.2) is 60.6 Å². The number of aryl methyl sites for hydroxylation is 1. The zero-order valence-corrected chi connectivity index (χ0v) is 17.2. The monoisotopic (exact) mass is 426 g/mol. The molecule has 1 fully saturated rings. The zero-order chi connectivity index (χ0) is 22.5. The Morgan fingerprint density at radius 2 is 2.03 bits per heavy atom. The molecule has 0 bridgehead atoms.